The number of carbonyl (C=O) groups is 1. The van der Waals surface area contributed by atoms with Gasteiger partial charge in [0, 0.05) is 31.7 Å². The maximum absolute atomic E-state index is 12.4. The molecule has 0 aromatic heterocycles. The second kappa shape index (κ2) is 6.20. The van der Waals surface area contributed by atoms with Gasteiger partial charge >= 0.3 is 0 Å². The Labute approximate surface area is 116 Å². The lowest BCUT2D eigenvalue weighted by molar-refractivity contribution is -0.145. The summed E-state index contributed by atoms with van der Waals surface area (Å²) in [6.45, 7) is 9.10. The molecule has 5 nitrogen and oxygen atoms in total. The van der Waals surface area contributed by atoms with Crippen LogP contribution in [0.15, 0.2) is 0 Å². The average molecular weight is 269 g/mol. The van der Waals surface area contributed by atoms with Crippen molar-refractivity contribution in [2.45, 2.75) is 57.9 Å². The summed E-state index contributed by atoms with van der Waals surface area (Å²) in [6, 6.07) is 0.702. The monoisotopic (exact) mass is 269 g/mol. The number of morpholine rings is 1. The third-order valence-electron chi connectivity index (χ3n) is 4.16. The van der Waals surface area contributed by atoms with Crippen molar-refractivity contribution in [2.24, 2.45) is 5.73 Å². The Morgan fingerprint density at radius 1 is 1.26 bits per heavy atom. The van der Waals surface area contributed by atoms with Gasteiger partial charge in [0.15, 0.2) is 0 Å². The molecule has 110 valence electrons. The molecule has 0 bridgehead atoms. The van der Waals surface area contributed by atoms with E-state index in [0.717, 1.165) is 19.4 Å². The predicted molar refractivity (Wildman–Crippen MR) is 74.8 cm³/mol. The topological polar surface area (TPSA) is 58.8 Å². The van der Waals surface area contributed by atoms with Crippen molar-refractivity contribution in [1.29, 1.82) is 0 Å². The van der Waals surface area contributed by atoms with Gasteiger partial charge in [-0.1, -0.05) is 0 Å². The fourth-order valence-electron chi connectivity index (χ4n) is 3.15. The Balaban J connectivity index is 1.86. The molecule has 0 saturated carbocycles. The third kappa shape index (κ3) is 3.91. The highest BCUT2D eigenvalue weighted by Gasteiger charge is 2.29. The van der Waals surface area contributed by atoms with Gasteiger partial charge in [0.25, 0.3) is 0 Å². The number of piperidine rings is 1. The largest absolute Gasteiger partial charge is 0.372 e. The van der Waals surface area contributed by atoms with Crippen molar-refractivity contribution in [3.8, 4) is 0 Å². The summed E-state index contributed by atoms with van der Waals surface area (Å²) in [5, 5.41) is 0. The van der Waals surface area contributed by atoms with E-state index in [1.165, 1.54) is 0 Å². The summed E-state index contributed by atoms with van der Waals surface area (Å²) in [6.07, 6.45) is 2.26. The number of ether oxygens (including phenoxy) is 1. The minimum atomic E-state index is 0.139. The van der Waals surface area contributed by atoms with Crippen LogP contribution in [0.5, 0.6) is 0 Å². The first-order valence-corrected chi connectivity index (χ1v) is 7.38. The smallest absolute Gasteiger partial charge is 0.236 e. The molecule has 1 amide bonds. The Kier molecular flexibility index (Phi) is 4.81. The van der Waals surface area contributed by atoms with E-state index in [2.05, 4.69) is 11.8 Å². The van der Waals surface area contributed by atoms with E-state index in [1.807, 2.05) is 18.7 Å². The molecule has 2 rings (SSSR count). The lowest BCUT2D eigenvalue weighted by Gasteiger charge is -2.39. The Morgan fingerprint density at radius 2 is 1.89 bits per heavy atom. The van der Waals surface area contributed by atoms with Crippen LogP contribution in [0.4, 0.5) is 0 Å². The van der Waals surface area contributed by atoms with E-state index in [1.54, 1.807) is 0 Å². The van der Waals surface area contributed by atoms with Gasteiger partial charge in [-0.05, 0) is 33.6 Å². The van der Waals surface area contributed by atoms with Gasteiger partial charge < -0.3 is 15.4 Å². The normalized spacial score (nSPS) is 37.4. The van der Waals surface area contributed by atoms with Gasteiger partial charge in [0.05, 0.1) is 18.8 Å². The van der Waals surface area contributed by atoms with E-state index in [4.69, 9.17) is 10.5 Å². The Hall–Kier alpha value is -0.650. The predicted octanol–water partition coefficient (Wildman–Crippen LogP) is 0.434. The van der Waals surface area contributed by atoms with E-state index < -0.39 is 0 Å². The molecule has 0 aromatic carbocycles. The van der Waals surface area contributed by atoms with Crippen molar-refractivity contribution in [2.75, 3.05) is 26.2 Å². The van der Waals surface area contributed by atoms with Crippen LogP contribution in [0.2, 0.25) is 0 Å². The summed E-state index contributed by atoms with van der Waals surface area (Å²) in [5.41, 5.74) is 5.96. The first-order chi connectivity index (χ1) is 8.95. The first kappa shape index (κ1) is 14.8. The van der Waals surface area contributed by atoms with Gasteiger partial charge in [-0.3, -0.25) is 9.69 Å². The highest BCUT2D eigenvalue weighted by Crippen LogP contribution is 2.17. The molecule has 4 atom stereocenters. The van der Waals surface area contributed by atoms with Crippen LogP contribution in [0.1, 0.15) is 33.6 Å². The van der Waals surface area contributed by atoms with Crippen LogP contribution < -0.4 is 5.73 Å². The fraction of sp³-hybridized carbons (Fsp3) is 0.929. The lowest BCUT2D eigenvalue weighted by atomic mass is 9.99. The number of hydrogen-bond acceptors (Lipinski definition) is 4. The highest BCUT2D eigenvalue weighted by molar-refractivity contribution is 5.78. The van der Waals surface area contributed by atoms with Crippen LogP contribution in [-0.4, -0.2) is 66.2 Å². The van der Waals surface area contributed by atoms with Gasteiger partial charge in [0.2, 0.25) is 5.91 Å². The minimum Gasteiger partial charge on any atom is -0.372 e. The summed E-state index contributed by atoms with van der Waals surface area (Å²) >= 11 is 0. The zero-order chi connectivity index (χ0) is 14.0. The van der Waals surface area contributed by atoms with Crippen LogP contribution in [-0.2, 0) is 9.53 Å². The summed E-state index contributed by atoms with van der Waals surface area (Å²) in [5.74, 6) is 0.226. The maximum atomic E-state index is 12.4. The minimum absolute atomic E-state index is 0.139. The highest BCUT2D eigenvalue weighted by atomic mass is 16.5. The third-order valence-corrected chi connectivity index (χ3v) is 4.16. The molecule has 2 heterocycles. The molecule has 2 aliphatic heterocycles. The number of likely N-dealkylation sites (tertiary alicyclic amines) is 1. The number of nitrogens with two attached hydrogens (primary N) is 1. The molecule has 5 heteroatoms. The van der Waals surface area contributed by atoms with Gasteiger partial charge in [-0.25, -0.2) is 0 Å². The molecule has 2 fully saturated rings. The number of amides is 1. The van der Waals surface area contributed by atoms with Crippen LogP contribution >= 0.6 is 0 Å². The second-order valence-corrected chi connectivity index (χ2v) is 6.16. The first-order valence-electron chi connectivity index (χ1n) is 7.38. The SMILES string of the molecule is CC1CN(C(=O)CN2CCC(N)CC2C)CC(C)O1. The fourth-order valence-corrected chi connectivity index (χ4v) is 3.15. The van der Waals surface area contributed by atoms with E-state index >= 15 is 0 Å². The van der Waals surface area contributed by atoms with Crippen LogP contribution in [0.3, 0.4) is 0 Å². The molecule has 0 spiro atoms. The molecule has 2 saturated heterocycles. The zero-order valence-corrected chi connectivity index (χ0v) is 12.3. The van der Waals surface area contributed by atoms with Gasteiger partial charge in [-0.2, -0.15) is 0 Å². The second-order valence-electron chi connectivity index (χ2n) is 6.16. The standard InChI is InChI=1S/C14H27N3O2/c1-10-6-13(15)4-5-16(10)9-14(18)17-7-11(2)19-12(3)8-17/h10-13H,4-9,15H2,1-3H3. The molecule has 0 radical (unpaired) electrons. The molecule has 2 N–H and O–H groups in total. The number of carbonyl (C=O) groups excluding carboxylic acids is 1. The zero-order valence-electron chi connectivity index (χ0n) is 12.3. The quantitative estimate of drug-likeness (QED) is 0.790. The van der Waals surface area contributed by atoms with E-state index in [-0.39, 0.29) is 18.1 Å². The Morgan fingerprint density at radius 3 is 2.47 bits per heavy atom. The lowest BCUT2D eigenvalue weighted by Crippen LogP contribution is -2.54. The van der Waals surface area contributed by atoms with E-state index in [0.29, 0.717) is 31.7 Å². The van der Waals surface area contributed by atoms with Crippen molar-refractivity contribution in [1.82, 2.24) is 9.80 Å². The Bertz CT molecular complexity index is 314. The summed E-state index contributed by atoms with van der Waals surface area (Å²) in [7, 11) is 0. The molecule has 19 heavy (non-hydrogen) atoms. The van der Waals surface area contributed by atoms with Crippen LogP contribution in [0, 0.1) is 0 Å². The maximum Gasteiger partial charge on any atom is 0.236 e. The van der Waals surface area contributed by atoms with Gasteiger partial charge in [0.1, 0.15) is 0 Å². The van der Waals surface area contributed by atoms with Crippen molar-refractivity contribution in [3.05, 3.63) is 0 Å². The molecule has 2 aliphatic rings. The molecule has 0 aliphatic carbocycles. The average Bonchev–Trinajstić information content (AvgIpc) is 2.31. The summed E-state index contributed by atoms with van der Waals surface area (Å²) in [4.78, 5) is 16.6. The van der Waals surface area contributed by atoms with Crippen molar-refractivity contribution >= 4 is 5.91 Å². The molecule has 4 unspecified atom stereocenters. The number of hydrogen-bond donors (Lipinski definition) is 1. The molecular formula is C14H27N3O2. The van der Waals surface area contributed by atoms with Gasteiger partial charge in [-0.15, -0.1) is 0 Å². The summed E-state index contributed by atoms with van der Waals surface area (Å²) < 4.78 is 5.67. The van der Waals surface area contributed by atoms with Crippen molar-refractivity contribution < 1.29 is 9.53 Å². The number of nitrogens with zero attached hydrogens (tertiary/aromatic N) is 2. The number of rotatable bonds is 2. The van der Waals surface area contributed by atoms with Crippen LogP contribution in [0.25, 0.3) is 0 Å². The molecular weight excluding hydrogens is 242 g/mol. The van der Waals surface area contributed by atoms with E-state index in [9.17, 15) is 4.79 Å². The molecule has 0 aromatic rings. The van der Waals surface area contributed by atoms with Crippen molar-refractivity contribution in [3.63, 3.8) is 0 Å².